The Balaban J connectivity index is 2.63. The molecule has 100 valence electrons. The van der Waals surface area contributed by atoms with Crippen molar-refractivity contribution in [2.75, 3.05) is 6.54 Å². The van der Waals surface area contributed by atoms with E-state index in [-0.39, 0.29) is 17.9 Å². The molecule has 0 fully saturated rings. The molecule has 3 heteroatoms. The van der Waals surface area contributed by atoms with E-state index in [1.807, 2.05) is 6.92 Å². The van der Waals surface area contributed by atoms with Crippen molar-refractivity contribution in [2.45, 2.75) is 32.1 Å². The fourth-order valence-electron chi connectivity index (χ4n) is 2.02. The Morgan fingerprint density at radius 3 is 2.39 bits per heavy atom. The van der Waals surface area contributed by atoms with Crippen LogP contribution >= 0.6 is 0 Å². The maximum atomic E-state index is 14.0. The van der Waals surface area contributed by atoms with Gasteiger partial charge in [-0.05, 0) is 32.2 Å². The Hall–Kier alpha value is -1.22. The molecule has 0 amide bonds. The van der Waals surface area contributed by atoms with Crippen molar-refractivity contribution in [3.8, 4) is 0 Å². The van der Waals surface area contributed by atoms with Crippen LogP contribution in [0.3, 0.4) is 0 Å². The minimum Gasteiger partial charge on any atom is -0.330 e. The van der Waals surface area contributed by atoms with Crippen molar-refractivity contribution >= 4 is 0 Å². The van der Waals surface area contributed by atoms with E-state index >= 15 is 0 Å². The van der Waals surface area contributed by atoms with E-state index in [1.54, 1.807) is 18.2 Å². The standard InChI is InChI=1S/C15H21F2N/c1-12(2)13(9-11-18)8-10-15(16,17)14-6-4-3-5-7-14/h3-7,13H,1,8-11,18H2,2H3. The van der Waals surface area contributed by atoms with Crippen LogP contribution in [-0.2, 0) is 5.92 Å². The van der Waals surface area contributed by atoms with Crippen molar-refractivity contribution in [3.63, 3.8) is 0 Å². The summed E-state index contributed by atoms with van der Waals surface area (Å²) in [4.78, 5) is 0. The van der Waals surface area contributed by atoms with Crippen LogP contribution in [0.2, 0.25) is 0 Å². The van der Waals surface area contributed by atoms with Gasteiger partial charge < -0.3 is 5.73 Å². The Labute approximate surface area is 108 Å². The van der Waals surface area contributed by atoms with E-state index in [9.17, 15) is 8.78 Å². The summed E-state index contributed by atoms with van der Waals surface area (Å²) in [7, 11) is 0. The molecule has 0 radical (unpaired) electrons. The first-order valence-electron chi connectivity index (χ1n) is 6.26. The first-order valence-corrected chi connectivity index (χ1v) is 6.26. The number of hydrogen-bond acceptors (Lipinski definition) is 1. The molecule has 1 unspecified atom stereocenters. The van der Waals surface area contributed by atoms with Gasteiger partial charge in [-0.3, -0.25) is 0 Å². The zero-order valence-electron chi connectivity index (χ0n) is 10.8. The monoisotopic (exact) mass is 253 g/mol. The largest absolute Gasteiger partial charge is 0.330 e. The second-order valence-corrected chi connectivity index (χ2v) is 4.73. The molecule has 1 atom stereocenters. The molecule has 0 bridgehead atoms. The van der Waals surface area contributed by atoms with Gasteiger partial charge in [0.15, 0.2) is 0 Å². The number of nitrogens with two attached hydrogens (primary N) is 1. The summed E-state index contributed by atoms with van der Waals surface area (Å²) in [5.41, 5.74) is 6.51. The van der Waals surface area contributed by atoms with E-state index < -0.39 is 5.92 Å². The van der Waals surface area contributed by atoms with Gasteiger partial charge in [0.25, 0.3) is 5.92 Å². The quantitative estimate of drug-likeness (QED) is 0.727. The van der Waals surface area contributed by atoms with E-state index in [1.165, 1.54) is 12.1 Å². The topological polar surface area (TPSA) is 26.0 Å². The van der Waals surface area contributed by atoms with Gasteiger partial charge in [-0.25, -0.2) is 8.78 Å². The molecule has 18 heavy (non-hydrogen) atoms. The lowest BCUT2D eigenvalue weighted by Crippen LogP contribution is -2.17. The van der Waals surface area contributed by atoms with E-state index in [2.05, 4.69) is 6.58 Å². The van der Waals surface area contributed by atoms with Gasteiger partial charge in [0.1, 0.15) is 0 Å². The normalized spacial score (nSPS) is 13.3. The fraction of sp³-hybridized carbons (Fsp3) is 0.467. The number of allylic oxidation sites excluding steroid dienone is 1. The molecule has 0 saturated heterocycles. The lowest BCUT2D eigenvalue weighted by molar-refractivity contribution is -0.0183. The minimum absolute atomic E-state index is 0.0817. The molecule has 0 aliphatic heterocycles. The predicted molar refractivity (Wildman–Crippen MR) is 71.5 cm³/mol. The Morgan fingerprint density at radius 1 is 1.28 bits per heavy atom. The van der Waals surface area contributed by atoms with E-state index in [0.29, 0.717) is 13.0 Å². The van der Waals surface area contributed by atoms with Crippen LogP contribution in [0.1, 0.15) is 31.7 Å². The van der Waals surface area contributed by atoms with Crippen molar-refractivity contribution in [1.82, 2.24) is 0 Å². The molecule has 0 aliphatic rings. The van der Waals surface area contributed by atoms with Crippen LogP contribution in [0.25, 0.3) is 0 Å². The maximum Gasteiger partial charge on any atom is 0.273 e. The second-order valence-electron chi connectivity index (χ2n) is 4.73. The molecule has 0 saturated carbocycles. The second kappa shape index (κ2) is 6.64. The summed E-state index contributed by atoms with van der Waals surface area (Å²) in [6.45, 7) is 6.23. The van der Waals surface area contributed by atoms with Crippen LogP contribution in [-0.4, -0.2) is 6.54 Å². The SMILES string of the molecule is C=C(C)C(CCN)CCC(F)(F)c1ccccc1. The summed E-state index contributed by atoms with van der Waals surface area (Å²) in [6, 6.07) is 7.96. The predicted octanol–water partition coefficient (Wildman–Crippen LogP) is 4.10. The van der Waals surface area contributed by atoms with Crippen molar-refractivity contribution in [1.29, 1.82) is 0 Å². The summed E-state index contributed by atoms with van der Waals surface area (Å²) in [5, 5.41) is 0. The van der Waals surface area contributed by atoms with Gasteiger partial charge in [-0.1, -0.05) is 42.5 Å². The summed E-state index contributed by atoms with van der Waals surface area (Å²) in [6.07, 6.45) is 0.989. The van der Waals surface area contributed by atoms with Crippen LogP contribution < -0.4 is 5.73 Å². The molecular formula is C15H21F2N. The van der Waals surface area contributed by atoms with Gasteiger partial charge >= 0.3 is 0 Å². The summed E-state index contributed by atoms with van der Waals surface area (Å²) in [5.74, 6) is -2.69. The van der Waals surface area contributed by atoms with Crippen molar-refractivity contribution < 1.29 is 8.78 Å². The minimum atomic E-state index is -2.77. The Morgan fingerprint density at radius 2 is 1.89 bits per heavy atom. The molecule has 2 N–H and O–H groups in total. The van der Waals surface area contributed by atoms with E-state index in [4.69, 9.17) is 5.73 Å². The lowest BCUT2D eigenvalue weighted by atomic mass is 9.90. The third kappa shape index (κ3) is 4.22. The molecule has 0 spiro atoms. The van der Waals surface area contributed by atoms with Crippen LogP contribution in [0.4, 0.5) is 8.78 Å². The fourth-order valence-corrected chi connectivity index (χ4v) is 2.02. The lowest BCUT2D eigenvalue weighted by Gasteiger charge is -2.21. The molecule has 0 heterocycles. The summed E-state index contributed by atoms with van der Waals surface area (Å²) >= 11 is 0. The van der Waals surface area contributed by atoms with Gasteiger partial charge in [0, 0.05) is 12.0 Å². The first-order chi connectivity index (χ1) is 8.47. The van der Waals surface area contributed by atoms with Crippen molar-refractivity contribution in [2.24, 2.45) is 11.7 Å². The molecule has 1 aromatic rings. The molecule has 1 nitrogen and oxygen atoms in total. The number of alkyl halides is 2. The highest BCUT2D eigenvalue weighted by Crippen LogP contribution is 2.35. The van der Waals surface area contributed by atoms with Crippen molar-refractivity contribution in [3.05, 3.63) is 48.0 Å². The zero-order chi connectivity index (χ0) is 13.6. The van der Waals surface area contributed by atoms with Gasteiger partial charge in [0.05, 0.1) is 0 Å². The molecular weight excluding hydrogens is 232 g/mol. The van der Waals surface area contributed by atoms with Gasteiger partial charge in [-0.2, -0.15) is 0 Å². The Bertz CT molecular complexity index is 373. The van der Waals surface area contributed by atoms with Gasteiger partial charge in [0.2, 0.25) is 0 Å². The molecule has 1 aromatic carbocycles. The van der Waals surface area contributed by atoms with Crippen LogP contribution in [0.5, 0.6) is 0 Å². The van der Waals surface area contributed by atoms with Crippen LogP contribution in [0, 0.1) is 5.92 Å². The highest BCUT2D eigenvalue weighted by atomic mass is 19.3. The van der Waals surface area contributed by atoms with Gasteiger partial charge in [-0.15, -0.1) is 0 Å². The molecule has 1 rings (SSSR count). The zero-order valence-corrected chi connectivity index (χ0v) is 10.8. The van der Waals surface area contributed by atoms with Crippen LogP contribution in [0.15, 0.2) is 42.5 Å². The smallest absolute Gasteiger partial charge is 0.273 e. The number of hydrogen-bond donors (Lipinski definition) is 1. The number of rotatable bonds is 7. The highest BCUT2D eigenvalue weighted by molar-refractivity contribution is 5.19. The summed E-state index contributed by atoms with van der Waals surface area (Å²) < 4.78 is 27.9. The first kappa shape index (κ1) is 14.8. The maximum absolute atomic E-state index is 14.0. The Kier molecular flexibility index (Phi) is 5.48. The third-order valence-electron chi connectivity index (χ3n) is 3.21. The number of benzene rings is 1. The average Bonchev–Trinajstić information content (AvgIpc) is 2.35. The highest BCUT2D eigenvalue weighted by Gasteiger charge is 2.31. The average molecular weight is 253 g/mol. The molecule has 0 aliphatic carbocycles. The number of halogens is 2. The van der Waals surface area contributed by atoms with E-state index in [0.717, 1.165) is 12.0 Å². The molecule has 0 aromatic heterocycles. The third-order valence-corrected chi connectivity index (χ3v) is 3.21.